The summed E-state index contributed by atoms with van der Waals surface area (Å²) >= 11 is 0. The van der Waals surface area contributed by atoms with Gasteiger partial charge in [0.15, 0.2) is 5.82 Å². The summed E-state index contributed by atoms with van der Waals surface area (Å²) in [6, 6.07) is 1.93. The molecule has 0 spiro atoms. The summed E-state index contributed by atoms with van der Waals surface area (Å²) in [6.45, 7) is 12.3. The predicted octanol–water partition coefficient (Wildman–Crippen LogP) is 5.51. The zero-order chi connectivity index (χ0) is 18.9. The Morgan fingerprint density at radius 3 is 2.54 bits per heavy atom. The number of nitrogens with zero attached hydrogens (tertiary/aromatic N) is 2. The highest BCUT2D eigenvalue weighted by Crippen LogP contribution is 2.36. The lowest BCUT2D eigenvalue weighted by atomic mass is 9.75. The average Bonchev–Trinajstić information content (AvgIpc) is 3.18. The second-order valence-corrected chi connectivity index (χ2v) is 6.90. The molecule has 1 saturated carbocycles. The predicted molar refractivity (Wildman–Crippen MR) is 110 cm³/mol. The van der Waals surface area contributed by atoms with Crippen LogP contribution >= 0.6 is 0 Å². The van der Waals surface area contributed by atoms with Crippen molar-refractivity contribution in [2.24, 2.45) is 11.8 Å². The lowest BCUT2D eigenvalue weighted by Gasteiger charge is -2.36. The van der Waals surface area contributed by atoms with E-state index >= 15 is 0 Å². The van der Waals surface area contributed by atoms with E-state index in [0.717, 1.165) is 30.2 Å². The lowest BCUT2D eigenvalue weighted by molar-refractivity contribution is -0.121. The van der Waals surface area contributed by atoms with E-state index in [2.05, 4.69) is 23.4 Å². The molecule has 1 saturated heterocycles. The van der Waals surface area contributed by atoms with Crippen LogP contribution in [0, 0.1) is 11.8 Å². The Morgan fingerprint density at radius 1 is 1.19 bits per heavy atom. The van der Waals surface area contributed by atoms with Crippen LogP contribution in [0.2, 0.25) is 0 Å². The molecule has 0 aromatic carbocycles. The zero-order valence-electron chi connectivity index (χ0n) is 16.3. The van der Waals surface area contributed by atoms with Crippen LogP contribution in [0.25, 0.3) is 5.57 Å². The molecule has 1 aromatic rings. The maximum absolute atomic E-state index is 12.6. The molecule has 1 aliphatic heterocycles. The number of rotatable bonds is 5. The van der Waals surface area contributed by atoms with Crippen LogP contribution in [0.15, 0.2) is 37.5 Å². The fraction of sp³-hybridized carbons (Fsp3) is 0.545. The third kappa shape index (κ3) is 4.75. The van der Waals surface area contributed by atoms with Crippen LogP contribution in [0.3, 0.4) is 0 Å². The van der Waals surface area contributed by atoms with Crippen molar-refractivity contribution in [2.75, 3.05) is 11.4 Å². The van der Waals surface area contributed by atoms with Gasteiger partial charge in [0.1, 0.15) is 0 Å². The molecule has 0 bridgehead atoms. The topological polar surface area (TPSA) is 49.0 Å². The first kappa shape index (κ1) is 20.2. The Labute approximate surface area is 158 Å². The first-order valence-electron chi connectivity index (χ1n) is 10.0. The van der Waals surface area contributed by atoms with Crippen LogP contribution in [-0.4, -0.2) is 22.6 Å². The Hall–Kier alpha value is -2.10. The molecule has 4 nitrogen and oxygen atoms in total. The highest BCUT2D eigenvalue weighted by molar-refractivity contribution is 5.93. The Balaban J connectivity index is 0.00000117. The molecular weight excluding hydrogens is 322 g/mol. The van der Waals surface area contributed by atoms with Crippen LogP contribution in [-0.2, 0) is 4.79 Å². The highest BCUT2D eigenvalue weighted by Gasteiger charge is 2.33. The van der Waals surface area contributed by atoms with Gasteiger partial charge in [0, 0.05) is 19.0 Å². The molecule has 4 heteroatoms. The Kier molecular flexibility index (Phi) is 7.89. The maximum atomic E-state index is 12.6. The molecule has 1 aromatic heterocycles. The summed E-state index contributed by atoms with van der Waals surface area (Å²) in [5.74, 6) is 2.25. The van der Waals surface area contributed by atoms with E-state index in [-0.39, 0.29) is 5.91 Å². The van der Waals surface area contributed by atoms with Crippen molar-refractivity contribution < 1.29 is 4.79 Å². The van der Waals surface area contributed by atoms with Gasteiger partial charge < -0.3 is 0 Å². The van der Waals surface area contributed by atoms with Crippen molar-refractivity contribution in [3.05, 3.63) is 43.1 Å². The van der Waals surface area contributed by atoms with Gasteiger partial charge in [-0.1, -0.05) is 77.3 Å². The molecule has 1 aliphatic carbocycles. The fourth-order valence-corrected chi connectivity index (χ4v) is 4.10. The molecular formula is C22H33N3O. The molecule has 1 unspecified atom stereocenters. The number of H-pyrrole nitrogens is 1. The number of aromatic nitrogens is 2. The van der Waals surface area contributed by atoms with Gasteiger partial charge in [-0.05, 0) is 23.8 Å². The van der Waals surface area contributed by atoms with E-state index in [0.29, 0.717) is 18.2 Å². The van der Waals surface area contributed by atoms with Crippen LogP contribution in [0.5, 0.6) is 0 Å². The van der Waals surface area contributed by atoms with Crippen molar-refractivity contribution in [1.82, 2.24) is 10.2 Å². The Bertz CT molecular complexity index is 638. The number of allylic oxidation sites excluding steroid dienone is 4. The minimum Gasteiger partial charge on any atom is -0.295 e. The van der Waals surface area contributed by atoms with Gasteiger partial charge in [0.05, 0.1) is 5.69 Å². The fourth-order valence-electron chi connectivity index (χ4n) is 4.10. The van der Waals surface area contributed by atoms with Gasteiger partial charge in [0.25, 0.3) is 0 Å². The smallest absolute Gasteiger partial charge is 0.228 e. The van der Waals surface area contributed by atoms with Crippen LogP contribution in [0.4, 0.5) is 5.82 Å². The second kappa shape index (κ2) is 10.1. The van der Waals surface area contributed by atoms with E-state index in [4.69, 9.17) is 0 Å². The summed E-state index contributed by atoms with van der Waals surface area (Å²) in [5, 5.41) is 7.34. The van der Waals surface area contributed by atoms with Crippen molar-refractivity contribution in [1.29, 1.82) is 0 Å². The standard InChI is InChI=1S/C20H27N3O.C2H6/c1-3-8-15(4-2)18-14-19(22-21-18)23-12-11-17(13-20(23)24)16-9-6-5-7-10-16;1-2/h3-4,8,14,16-17H,1-2,5-7,9-13H2,(H,21,22);1-2H3/b15-8+;. The SMILES string of the molecule is C=C/C=C(\C=C)c1cc(N2CCC(C3CCCCC3)CC2=O)n[nH]1.CC. The number of hydrogen-bond acceptors (Lipinski definition) is 2. The molecule has 2 fully saturated rings. The number of anilines is 1. The Morgan fingerprint density at radius 2 is 1.92 bits per heavy atom. The molecule has 0 radical (unpaired) electrons. The summed E-state index contributed by atoms with van der Waals surface area (Å²) in [6.07, 6.45) is 13.8. The number of carbonyl (C=O) groups is 1. The van der Waals surface area contributed by atoms with Crippen LogP contribution in [0.1, 0.15) is 64.5 Å². The quantitative estimate of drug-likeness (QED) is 0.708. The second-order valence-electron chi connectivity index (χ2n) is 6.90. The van der Waals surface area contributed by atoms with Crippen LogP contribution < -0.4 is 4.90 Å². The lowest BCUT2D eigenvalue weighted by Crippen LogP contribution is -2.41. The molecule has 1 atom stereocenters. The van der Waals surface area contributed by atoms with Gasteiger partial charge in [-0.25, -0.2) is 0 Å². The zero-order valence-corrected chi connectivity index (χ0v) is 16.3. The van der Waals surface area contributed by atoms with E-state index < -0.39 is 0 Å². The largest absolute Gasteiger partial charge is 0.295 e. The number of piperidine rings is 1. The van der Waals surface area contributed by atoms with Crippen molar-refractivity contribution in [2.45, 2.75) is 58.8 Å². The third-order valence-corrected chi connectivity index (χ3v) is 5.45. The summed E-state index contributed by atoms with van der Waals surface area (Å²) < 4.78 is 0. The number of aromatic amines is 1. The first-order chi connectivity index (χ1) is 12.7. The number of nitrogens with one attached hydrogen (secondary N) is 1. The monoisotopic (exact) mass is 355 g/mol. The molecule has 142 valence electrons. The average molecular weight is 356 g/mol. The number of hydrogen-bond donors (Lipinski definition) is 1. The normalized spacial score (nSPS) is 21.8. The first-order valence-corrected chi connectivity index (χ1v) is 10.0. The van der Waals surface area contributed by atoms with Gasteiger partial charge in [0.2, 0.25) is 5.91 Å². The van der Waals surface area contributed by atoms with Gasteiger partial charge >= 0.3 is 0 Å². The molecule has 1 amide bonds. The minimum absolute atomic E-state index is 0.211. The van der Waals surface area contributed by atoms with Gasteiger partial charge in [-0.15, -0.1) is 0 Å². The van der Waals surface area contributed by atoms with Gasteiger partial charge in [-0.2, -0.15) is 5.10 Å². The summed E-state index contributed by atoms with van der Waals surface area (Å²) in [5.41, 5.74) is 1.79. The molecule has 1 N–H and O–H groups in total. The van der Waals surface area contributed by atoms with Crippen molar-refractivity contribution in [3.8, 4) is 0 Å². The molecule has 3 rings (SSSR count). The maximum Gasteiger partial charge on any atom is 0.228 e. The highest BCUT2D eigenvalue weighted by atomic mass is 16.2. The number of amides is 1. The molecule has 26 heavy (non-hydrogen) atoms. The van der Waals surface area contributed by atoms with E-state index in [9.17, 15) is 4.79 Å². The van der Waals surface area contributed by atoms with Gasteiger partial charge in [-0.3, -0.25) is 14.8 Å². The minimum atomic E-state index is 0.211. The van der Waals surface area contributed by atoms with E-state index in [1.807, 2.05) is 30.9 Å². The van der Waals surface area contributed by atoms with E-state index in [1.165, 1.54) is 32.1 Å². The number of carbonyl (C=O) groups excluding carboxylic acids is 1. The third-order valence-electron chi connectivity index (χ3n) is 5.45. The summed E-state index contributed by atoms with van der Waals surface area (Å²) in [7, 11) is 0. The summed E-state index contributed by atoms with van der Waals surface area (Å²) in [4.78, 5) is 14.5. The molecule has 2 aliphatic rings. The van der Waals surface area contributed by atoms with E-state index in [1.54, 1.807) is 12.2 Å². The molecule has 2 heterocycles. The van der Waals surface area contributed by atoms with Crippen molar-refractivity contribution in [3.63, 3.8) is 0 Å². The van der Waals surface area contributed by atoms with Crippen molar-refractivity contribution >= 4 is 17.3 Å².